The van der Waals surface area contributed by atoms with Crippen LogP contribution in [0, 0.1) is 5.82 Å². The Bertz CT molecular complexity index is 837. The summed E-state index contributed by atoms with van der Waals surface area (Å²) in [6.07, 6.45) is 5.81. The van der Waals surface area contributed by atoms with E-state index in [4.69, 9.17) is 0 Å². The van der Waals surface area contributed by atoms with Gasteiger partial charge in [0.2, 0.25) is 5.91 Å². The third kappa shape index (κ3) is 2.98. The number of amides is 2. The summed E-state index contributed by atoms with van der Waals surface area (Å²) in [6, 6.07) is 5.62. The van der Waals surface area contributed by atoms with Crippen molar-refractivity contribution in [2.24, 2.45) is 7.05 Å². The third-order valence-electron chi connectivity index (χ3n) is 5.53. The minimum Gasteiger partial charge on any atom is -0.350 e. The lowest BCUT2D eigenvalue weighted by molar-refractivity contribution is -0.121. The Labute approximate surface area is 151 Å². The van der Waals surface area contributed by atoms with Crippen LogP contribution in [-0.2, 0) is 11.8 Å². The van der Waals surface area contributed by atoms with Crippen LogP contribution in [0.25, 0.3) is 0 Å². The highest BCUT2D eigenvalue weighted by atomic mass is 19.1. The highest BCUT2D eigenvalue weighted by molar-refractivity contribution is 5.94. The molecule has 0 saturated carbocycles. The maximum absolute atomic E-state index is 13.0. The number of carbonyl (C=O) groups is 2. The van der Waals surface area contributed by atoms with E-state index in [2.05, 4.69) is 10.4 Å². The molecule has 0 unspecified atom stereocenters. The predicted molar refractivity (Wildman–Crippen MR) is 93.0 cm³/mol. The van der Waals surface area contributed by atoms with Crippen LogP contribution in [0.1, 0.15) is 41.1 Å². The Kier molecular flexibility index (Phi) is 4.01. The van der Waals surface area contributed by atoms with Gasteiger partial charge in [0.25, 0.3) is 5.91 Å². The van der Waals surface area contributed by atoms with Gasteiger partial charge in [-0.2, -0.15) is 5.10 Å². The quantitative estimate of drug-likeness (QED) is 0.893. The minimum absolute atomic E-state index is 0.0383. The van der Waals surface area contributed by atoms with E-state index in [1.165, 1.54) is 24.3 Å². The second-order valence-corrected chi connectivity index (χ2v) is 7.27. The van der Waals surface area contributed by atoms with Crippen LogP contribution >= 0.6 is 0 Å². The molecule has 7 heteroatoms. The van der Waals surface area contributed by atoms with Crippen LogP contribution in [0.4, 0.5) is 4.39 Å². The van der Waals surface area contributed by atoms with Gasteiger partial charge in [-0.3, -0.25) is 14.3 Å². The highest BCUT2D eigenvalue weighted by Gasteiger charge is 2.47. The number of aromatic nitrogens is 2. The molecule has 136 valence electrons. The van der Waals surface area contributed by atoms with Crippen LogP contribution in [0.5, 0.6) is 0 Å². The van der Waals surface area contributed by atoms with Gasteiger partial charge in [-0.05, 0) is 43.5 Å². The van der Waals surface area contributed by atoms with Crippen LogP contribution in [0.2, 0.25) is 0 Å². The number of nitrogens with one attached hydrogen (secondary N) is 1. The van der Waals surface area contributed by atoms with Gasteiger partial charge in [-0.25, -0.2) is 4.39 Å². The zero-order chi connectivity index (χ0) is 18.3. The fourth-order valence-electron chi connectivity index (χ4n) is 4.01. The fraction of sp³-hybridized carbons (Fsp3) is 0.421. The molecule has 2 amide bonds. The molecule has 0 aliphatic carbocycles. The maximum Gasteiger partial charge on any atom is 0.253 e. The number of likely N-dealkylation sites (tertiary alicyclic amines) is 1. The lowest BCUT2D eigenvalue weighted by Gasteiger charge is -2.39. The standard InChI is InChI=1S/C19H21FN4O2/c1-23-12-14(11-21-23)16-10-19(22-17(16)25)6-8-24(9-7-19)18(26)13-2-4-15(20)5-3-13/h2-5,11-12,16H,6-10H2,1H3,(H,22,25)/t16-/m0/s1. The van der Waals surface area contributed by atoms with Crippen molar-refractivity contribution < 1.29 is 14.0 Å². The fourth-order valence-corrected chi connectivity index (χ4v) is 4.01. The van der Waals surface area contributed by atoms with Gasteiger partial charge < -0.3 is 10.2 Å². The molecule has 2 aliphatic heterocycles. The number of hydrogen-bond donors (Lipinski definition) is 1. The Hall–Kier alpha value is -2.70. The largest absolute Gasteiger partial charge is 0.350 e. The molecule has 26 heavy (non-hydrogen) atoms. The van der Waals surface area contributed by atoms with Crippen molar-refractivity contribution in [2.75, 3.05) is 13.1 Å². The molecule has 2 aromatic rings. The molecule has 6 nitrogen and oxygen atoms in total. The molecule has 1 N–H and O–H groups in total. The molecule has 1 aromatic heterocycles. The lowest BCUT2D eigenvalue weighted by atomic mass is 9.82. The van der Waals surface area contributed by atoms with E-state index in [9.17, 15) is 14.0 Å². The first-order valence-electron chi connectivity index (χ1n) is 8.81. The molecule has 1 aromatic carbocycles. The third-order valence-corrected chi connectivity index (χ3v) is 5.53. The number of carbonyl (C=O) groups excluding carboxylic acids is 2. The van der Waals surface area contributed by atoms with E-state index in [-0.39, 0.29) is 29.1 Å². The molecular formula is C19H21FN4O2. The molecule has 0 radical (unpaired) electrons. The van der Waals surface area contributed by atoms with Crippen LogP contribution in [-0.4, -0.2) is 45.1 Å². The Morgan fingerprint density at radius 3 is 2.58 bits per heavy atom. The number of hydrogen-bond acceptors (Lipinski definition) is 3. The first-order valence-corrected chi connectivity index (χ1v) is 8.81. The number of benzene rings is 1. The van der Waals surface area contributed by atoms with Crippen molar-refractivity contribution in [1.82, 2.24) is 20.0 Å². The number of aryl methyl sites for hydroxylation is 1. The number of piperidine rings is 1. The van der Waals surface area contributed by atoms with Gasteiger partial charge in [0, 0.05) is 43.0 Å². The maximum atomic E-state index is 13.0. The van der Waals surface area contributed by atoms with E-state index in [0.29, 0.717) is 18.7 Å². The van der Waals surface area contributed by atoms with Crippen molar-refractivity contribution in [3.63, 3.8) is 0 Å². The molecule has 0 bridgehead atoms. The molecule has 1 spiro atoms. The highest BCUT2D eigenvalue weighted by Crippen LogP contribution is 2.39. The van der Waals surface area contributed by atoms with Crippen molar-refractivity contribution in [3.8, 4) is 0 Å². The Morgan fingerprint density at radius 1 is 1.27 bits per heavy atom. The molecule has 4 rings (SSSR count). The number of nitrogens with zero attached hydrogens (tertiary/aromatic N) is 3. The molecule has 2 aliphatic rings. The second-order valence-electron chi connectivity index (χ2n) is 7.27. The van der Waals surface area contributed by atoms with Gasteiger partial charge in [0.1, 0.15) is 5.82 Å². The summed E-state index contributed by atoms with van der Waals surface area (Å²) >= 11 is 0. The van der Waals surface area contributed by atoms with Crippen molar-refractivity contribution in [1.29, 1.82) is 0 Å². The zero-order valence-electron chi connectivity index (χ0n) is 14.6. The summed E-state index contributed by atoms with van der Waals surface area (Å²) in [5, 5.41) is 7.33. The number of halogens is 1. The summed E-state index contributed by atoms with van der Waals surface area (Å²) in [7, 11) is 1.84. The summed E-state index contributed by atoms with van der Waals surface area (Å²) in [5.74, 6) is -0.582. The van der Waals surface area contributed by atoms with E-state index in [1.54, 1.807) is 15.8 Å². The molecular weight excluding hydrogens is 335 g/mol. The normalized spacial score (nSPS) is 21.8. The monoisotopic (exact) mass is 356 g/mol. The molecule has 2 saturated heterocycles. The zero-order valence-corrected chi connectivity index (χ0v) is 14.6. The van der Waals surface area contributed by atoms with Gasteiger partial charge in [-0.1, -0.05) is 0 Å². The van der Waals surface area contributed by atoms with Gasteiger partial charge in [0.05, 0.1) is 12.1 Å². The average Bonchev–Trinajstić information content (AvgIpc) is 3.19. The SMILES string of the molecule is Cn1cc([C@@H]2CC3(CCN(C(=O)c4ccc(F)cc4)CC3)NC2=O)cn1. The summed E-state index contributed by atoms with van der Waals surface area (Å²) < 4.78 is 14.7. The van der Waals surface area contributed by atoms with Crippen LogP contribution in [0.15, 0.2) is 36.7 Å². The topological polar surface area (TPSA) is 67.2 Å². The van der Waals surface area contributed by atoms with Gasteiger partial charge in [0.15, 0.2) is 0 Å². The van der Waals surface area contributed by atoms with E-state index in [0.717, 1.165) is 24.8 Å². The Morgan fingerprint density at radius 2 is 1.96 bits per heavy atom. The predicted octanol–water partition coefficient (Wildman–Crippen LogP) is 1.84. The van der Waals surface area contributed by atoms with Gasteiger partial charge in [-0.15, -0.1) is 0 Å². The summed E-state index contributed by atoms with van der Waals surface area (Å²) in [6.45, 7) is 1.16. The van der Waals surface area contributed by atoms with E-state index >= 15 is 0 Å². The lowest BCUT2D eigenvalue weighted by Crippen LogP contribution is -2.52. The van der Waals surface area contributed by atoms with Crippen molar-refractivity contribution >= 4 is 11.8 Å². The van der Waals surface area contributed by atoms with Crippen molar-refractivity contribution in [3.05, 3.63) is 53.6 Å². The minimum atomic E-state index is -0.353. The van der Waals surface area contributed by atoms with Gasteiger partial charge >= 0.3 is 0 Å². The van der Waals surface area contributed by atoms with E-state index in [1.807, 2.05) is 13.2 Å². The molecule has 3 heterocycles. The van der Waals surface area contributed by atoms with Crippen LogP contribution in [0.3, 0.4) is 0 Å². The summed E-state index contributed by atoms with van der Waals surface area (Å²) in [5.41, 5.74) is 1.18. The van der Waals surface area contributed by atoms with E-state index < -0.39 is 0 Å². The Balaban J connectivity index is 1.42. The first kappa shape index (κ1) is 16.8. The van der Waals surface area contributed by atoms with Crippen LogP contribution < -0.4 is 5.32 Å². The smallest absolute Gasteiger partial charge is 0.253 e. The average molecular weight is 356 g/mol. The number of rotatable bonds is 2. The molecule has 2 fully saturated rings. The summed E-state index contributed by atoms with van der Waals surface area (Å²) in [4.78, 5) is 26.8. The second kappa shape index (κ2) is 6.23. The van der Waals surface area contributed by atoms with Crippen molar-refractivity contribution in [2.45, 2.75) is 30.7 Å². The first-order chi connectivity index (χ1) is 12.5. The molecule has 1 atom stereocenters.